The molecule has 2 aliphatic carbocycles. The van der Waals surface area contributed by atoms with Crippen LogP contribution in [0.3, 0.4) is 0 Å². The SMILES string of the molecule is O=C(CC1CCCC1)NCc1cncc(C2CC2)c1. The smallest absolute Gasteiger partial charge is 0.220 e. The minimum Gasteiger partial charge on any atom is -0.352 e. The predicted molar refractivity (Wildman–Crippen MR) is 74.6 cm³/mol. The van der Waals surface area contributed by atoms with E-state index < -0.39 is 0 Å². The standard InChI is InChI=1S/C16H22N2O/c19-16(8-12-3-1-2-4-12)18-10-13-7-15(11-17-9-13)14-5-6-14/h7,9,11-12,14H,1-6,8,10H2,(H,18,19). The Morgan fingerprint density at radius 3 is 2.74 bits per heavy atom. The Kier molecular flexibility index (Phi) is 3.81. The van der Waals surface area contributed by atoms with Crippen LogP contribution in [0.1, 0.15) is 62.0 Å². The van der Waals surface area contributed by atoms with Gasteiger partial charge in [0.15, 0.2) is 0 Å². The molecule has 0 bridgehead atoms. The number of amides is 1. The zero-order valence-electron chi connectivity index (χ0n) is 11.4. The monoisotopic (exact) mass is 258 g/mol. The highest BCUT2D eigenvalue weighted by molar-refractivity contribution is 5.76. The molecule has 0 radical (unpaired) electrons. The number of carbonyl (C=O) groups is 1. The summed E-state index contributed by atoms with van der Waals surface area (Å²) in [5.74, 6) is 1.54. The van der Waals surface area contributed by atoms with Crippen molar-refractivity contribution in [3.05, 3.63) is 29.6 Å². The quantitative estimate of drug-likeness (QED) is 0.881. The molecule has 0 spiro atoms. The maximum Gasteiger partial charge on any atom is 0.220 e. The lowest BCUT2D eigenvalue weighted by Gasteiger charge is -2.10. The van der Waals surface area contributed by atoms with Crippen LogP contribution in [0.5, 0.6) is 0 Å². The Balaban J connectivity index is 1.48. The van der Waals surface area contributed by atoms with Crippen molar-refractivity contribution < 1.29 is 4.79 Å². The first-order valence-corrected chi connectivity index (χ1v) is 7.52. The first kappa shape index (κ1) is 12.6. The molecule has 3 heteroatoms. The first-order chi connectivity index (χ1) is 9.31. The molecule has 0 atom stereocenters. The number of nitrogens with one attached hydrogen (secondary N) is 1. The van der Waals surface area contributed by atoms with Crippen molar-refractivity contribution in [3.8, 4) is 0 Å². The largest absolute Gasteiger partial charge is 0.352 e. The molecule has 102 valence electrons. The van der Waals surface area contributed by atoms with Gasteiger partial charge in [0.1, 0.15) is 0 Å². The number of rotatable bonds is 5. The van der Waals surface area contributed by atoms with Gasteiger partial charge in [-0.05, 0) is 48.6 Å². The van der Waals surface area contributed by atoms with Crippen molar-refractivity contribution in [3.63, 3.8) is 0 Å². The van der Waals surface area contributed by atoms with Gasteiger partial charge in [0.25, 0.3) is 0 Å². The lowest BCUT2D eigenvalue weighted by molar-refractivity contribution is -0.122. The molecule has 1 N–H and O–H groups in total. The van der Waals surface area contributed by atoms with Crippen molar-refractivity contribution in [2.45, 2.75) is 57.4 Å². The summed E-state index contributed by atoms with van der Waals surface area (Å²) in [5, 5.41) is 3.03. The Labute approximate surface area is 114 Å². The number of pyridine rings is 1. The normalized spacial score (nSPS) is 19.6. The molecule has 2 aliphatic rings. The molecule has 1 aromatic rings. The molecule has 0 aliphatic heterocycles. The predicted octanol–water partition coefficient (Wildman–Crippen LogP) is 3.16. The summed E-state index contributed by atoms with van der Waals surface area (Å²) in [6.45, 7) is 0.624. The second-order valence-electron chi connectivity index (χ2n) is 6.03. The Hall–Kier alpha value is -1.38. The van der Waals surface area contributed by atoms with Gasteiger partial charge in [-0.2, -0.15) is 0 Å². The van der Waals surface area contributed by atoms with Gasteiger partial charge in [-0.1, -0.05) is 18.9 Å². The van der Waals surface area contributed by atoms with Gasteiger partial charge in [0.2, 0.25) is 5.91 Å². The van der Waals surface area contributed by atoms with E-state index in [0.717, 1.165) is 11.5 Å². The topological polar surface area (TPSA) is 42.0 Å². The molecule has 1 aromatic heterocycles. The summed E-state index contributed by atoms with van der Waals surface area (Å²) in [7, 11) is 0. The summed E-state index contributed by atoms with van der Waals surface area (Å²) in [4.78, 5) is 16.1. The van der Waals surface area contributed by atoms with Gasteiger partial charge in [-0.3, -0.25) is 9.78 Å². The van der Waals surface area contributed by atoms with E-state index >= 15 is 0 Å². The zero-order chi connectivity index (χ0) is 13.1. The maximum absolute atomic E-state index is 11.9. The van der Waals surface area contributed by atoms with Gasteiger partial charge in [-0.15, -0.1) is 0 Å². The summed E-state index contributed by atoms with van der Waals surface area (Å²) in [6.07, 6.45) is 12.2. The molecule has 1 heterocycles. The van der Waals surface area contributed by atoms with E-state index in [4.69, 9.17) is 0 Å². The second kappa shape index (κ2) is 5.72. The molecule has 2 saturated carbocycles. The third kappa shape index (κ3) is 3.55. The molecule has 3 nitrogen and oxygen atoms in total. The van der Waals surface area contributed by atoms with Crippen LogP contribution in [0.2, 0.25) is 0 Å². The van der Waals surface area contributed by atoms with Gasteiger partial charge in [-0.25, -0.2) is 0 Å². The maximum atomic E-state index is 11.9. The van der Waals surface area contributed by atoms with Crippen LogP contribution in [0, 0.1) is 5.92 Å². The number of carbonyl (C=O) groups excluding carboxylic acids is 1. The van der Waals surface area contributed by atoms with Gasteiger partial charge in [0.05, 0.1) is 0 Å². The van der Waals surface area contributed by atoms with Crippen molar-refractivity contribution >= 4 is 5.91 Å². The average Bonchev–Trinajstić information content (AvgIpc) is 3.16. The lowest BCUT2D eigenvalue weighted by atomic mass is 10.0. The molecule has 3 rings (SSSR count). The fourth-order valence-corrected chi connectivity index (χ4v) is 2.99. The molecule has 0 aromatic carbocycles. The summed E-state index contributed by atoms with van der Waals surface area (Å²) in [5.41, 5.74) is 2.46. The van der Waals surface area contributed by atoms with E-state index in [2.05, 4.69) is 16.4 Å². The minimum absolute atomic E-state index is 0.198. The molecule has 0 unspecified atom stereocenters. The number of hydrogen-bond acceptors (Lipinski definition) is 2. The van der Waals surface area contributed by atoms with Crippen molar-refractivity contribution in [2.24, 2.45) is 5.92 Å². The van der Waals surface area contributed by atoms with Crippen LogP contribution in [0.25, 0.3) is 0 Å². The van der Waals surface area contributed by atoms with Crippen LogP contribution in [0.15, 0.2) is 18.5 Å². The van der Waals surface area contributed by atoms with E-state index in [1.54, 1.807) is 0 Å². The highest BCUT2D eigenvalue weighted by Gasteiger charge is 2.24. The van der Waals surface area contributed by atoms with Crippen LogP contribution in [0.4, 0.5) is 0 Å². The molecule has 19 heavy (non-hydrogen) atoms. The summed E-state index contributed by atoms with van der Waals surface area (Å²) >= 11 is 0. The number of nitrogens with zero attached hydrogens (tertiary/aromatic N) is 1. The van der Waals surface area contributed by atoms with E-state index in [0.29, 0.717) is 18.9 Å². The van der Waals surface area contributed by atoms with Gasteiger partial charge in [0, 0.05) is 25.4 Å². The molecule has 2 fully saturated rings. The van der Waals surface area contributed by atoms with E-state index in [-0.39, 0.29) is 5.91 Å². The third-order valence-electron chi connectivity index (χ3n) is 4.30. The van der Waals surface area contributed by atoms with Gasteiger partial charge >= 0.3 is 0 Å². The summed E-state index contributed by atoms with van der Waals surface area (Å²) in [6, 6.07) is 2.19. The highest BCUT2D eigenvalue weighted by atomic mass is 16.1. The Morgan fingerprint density at radius 1 is 1.21 bits per heavy atom. The van der Waals surface area contributed by atoms with Crippen LogP contribution in [-0.4, -0.2) is 10.9 Å². The molecular formula is C16H22N2O. The first-order valence-electron chi connectivity index (χ1n) is 7.52. The zero-order valence-corrected chi connectivity index (χ0v) is 11.4. The van der Waals surface area contributed by atoms with Crippen molar-refractivity contribution in [2.75, 3.05) is 0 Å². The number of aromatic nitrogens is 1. The summed E-state index contributed by atoms with van der Waals surface area (Å²) < 4.78 is 0. The molecule has 0 saturated heterocycles. The highest BCUT2D eigenvalue weighted by Crippen LogP contribution is 2.39. The third-order valence-corrected chi connectivity index (χ3v) is 4.30. The van der Waals surface area contributed by atoms with Crippen molar-refractivity contribution in [1.82, 2.24) is 10.3 Å². The fourth-order valence-electron chi connectivity index (χ4n) is 2.99. The fraction of sp³-hybridized carbons (Fsp3) is 0.625. The minimum atomic E-state index is 0.198. The average molecular weight is 258 g/mol. The Bertz CT molecular complexity index is 448. The second-order valence-corrected chi connectivity index (χ2v) is 6.03. The molecular weight excluding hydrogens is 236 g/mol. The van der Waals surface area contributed by atoms with Crippen LogP contribution in [-0.2, 0) is 11.3 Å². The van der Waals surface area contributed by atoms with E-state index in [1.807, 2.05) is 12.4 Å². The van der Waals surface area contributed by atoms with Crippen LogP contribution >= 0.6 is 0 Å². The van der Waals surface area contributed by atoms with Crippen LogP contribution < -0.4 is 5.32 Å². The van der Waals surface area contributed by atoms with E-state index in [1.165, 1.54) is 44.1 Å². The van der Waals surface area contributed by atoms with Crippen molar-refractivity contribution in [1.29, 1.82) is 0 Å². The molecule has 1 amide bonds. The lowest BCUT2D eigenvalue weighted by Crippen LogP contribution is -2.24. The Morgan fingerprint density at radius 2 is 2.00 bits per heavy atom. The van der Waals surface area contributed by atoms with E-state index in [9.17, 15) is 4.79 Å². The van der Waals surface area contributed by atoms with Gasteiger partial charge < -0.3 is 5.32 Å². The number of hydrogen-bond donors (Lipinski definition) is 1.